The molecule has 0 unspecified atom stereocenters. The first kappa shape index (κ1) is 19.0. The van der Waals surface area contributed by atoms with E-state index in [4.69, 9.17) is 0 Å². The molecule has 0 saturated carbocycles. The third-order valence-corrected chi connectivity index (χ3v) is 5.63. The topological polar surface area (TPSA) is 78.5 Å². The summed E-state index contributed by atoms with van der Waals surface area (Å²) in [7, 11) is 3.30. The number of benzene rings is 2. The van der Waals surface area contributed by atoms with Crippen molar-refractivity contribution in [3.05, 3.63) is 59.7 Å². The Balaban J connectivity index is 1.59. The summed E-state index contributed by atoms with van der Waals surface area (Å²) in [6, 6.07) is 14.7. The highest BCUT2D eigenvalue weighted by atomic mass is 32.2. The van der Waals surface area contributed by atoms with Gasteiger partial charge >= 0.3 is 0 Å². The van der Waals surface area contributed by atoms with Crippen LogP contribution in [0.1, 0.15) is 22.3 Å². The lowest BCUT2D eigenvalue weighted by molar-refractivity contribution is -0.131. The maximum atomic E-state index is 12.6. The molecule has 140 valence electrons. The highest BCUT2D eigenvalue weighted by Crippen LogP contribution is 2.36. The summed E-state index contributed by atoms with van der Waals surface area (Å²) in [5.41, 5.74) is 2.29. The predicted octanol–water partition coefficient (Wildman–Crippen LogP) is 2.51. The Bertz CT molecular complexity index is 867. The van der Waals surface area contributed by atoms with Gasteiger partial charge in [-0.3, -0.25) is 14.4 Å². The van der Waals surface area contributed by atoms with Gasteiger partial charge in [-0.2, -0.15) is 0 Å². The zero-order valence-electron chi connectivity index (χ0n) is 15.2. The largest absolute Gasteiger partial charge is 0.355 e. The van der Waals surface area contributed by atoms with E-state index in [1.165, 1.54) is 11.8 Å². The molecule has 2 aromatic rings. The van der Waals surface area contributed by atoms with Gasteiger partial charge in [-0.05, 0) is 29.8 Å². The summed E-state index contributed by atoms with van der Waals surface area (Å²) < 4.78 is 0. The molecule has 7 heteroatoms. The molecular weight excluding hydrogens is 362 g/mol. The summed E-state index contributed by atoms with van der Waals surface area (Å²) in [4.78, 5) is 39.0. The number of amides is 3. The van der Waals surface area contributed by atoms with Gasteiger partial charge in [-0.15, -0.1) is 11.8 Å². The second kappa shape index (κ2) is 8.26. The Labute approximate surface area is 162 Å². The number of anilines is 1. The van der Waals surface area contributed by atoms with Crippen LogP contribution in [0, 0.1) is 0 Å². The van der Waals surface area contributed by atoms with Gasteiger partial charge in [0.15, 0.2) is 0 Å². The number of rotatable bonds is 5. The van der Waals surface area contributed by atoms with Crippen molar-refractivity contribution in [1.82, 2.24) is 10.2 Å². The van der Waals surface area contributed by atoms with Crippen molar-refractivity contribution < 1.29 is 14.4 Å². The van der Waals surface area contributed by atoms with Crippen LogP contribution in [-0.4, -0.2) is 42.0 Å². The van der Waals surface area contributed by atoms with Crippen LogP contribution in [0.5, 0.6) is 0 Å². The van der Waals surface area contributed by atoms with E-state index in [2.05, 4.69) is 10.6 Å². The Morgan fingerprint density at radius 3 is 2.56 bits per heavy atom. The van der Waals surface area contributed by atoms with Gasteiger partial charge in [0, 0.05) is 37.5 Å². The van der Waals surface area contributed by atoms with E-state index in [0.29, 0.717) is 12.1 Å². The van der Waals surface area contributed by atoms with Crippen molar-refractivity contribution in [2.45, 2.75) is 23.1 Å². The minimum atomic E-state index is -0.439. The van der Waals surface area contributed by atoms with E-state index in [1.807, 2.05) is 36.4 Å². The lowest BCUT2D eigenvalue weighted by Crippen LogP contribution is -2.35. The molecule has 1 aliphatic heterocycles. The lowest BCUT2D eigenvalue weighted by atomic mass is 10.1. The van der Waals surface area contributed by atoms with E-state index in [1.54, 1.807) is 31.1 Å². The van der Waals surface area contributed by atoms with Crippen molar-refractivity contribution in [1.29, 1.82) is 0 Å². The van der Waals surface area contributed by atoms with Crippen molar-refractivity contribution >= 4 is 35.2 Å². The highest BCUT2D eigenvalue weighted by Gasteiger charge is 2.29. The van der Waals surface area contributed by atoms with Crippen LogP contribution in [0.15, 0.2) is 53.4 Å². The number of nitrogens with one attached hydrogen (secondary N) is 2. The van der Waals surface area contributed by atoms with E-state index in [9.17, 15) is 14.4 Å². The lowest BCUT2D eigenvalue weighted by Gasteiger charge is -2.25. The standard InChI is InChI=1S/C20H21N3O3S/c1-21-19(25)14-9-7-13(8-10-14)12-23(2)18(24)11-17-20(26)22-15-5-3-4-6-16(15)27-17/h3-10,17H,11-12H2,1-2H3,(H,21,25)(H,22,26)/t17-/m1/s1. The van der Waals surface area contributed by atoms with Crippen molar-refractivity contribution in [2.24, 2.45) is 0 Å². The predicted molar refractivity (Wildman–Crippen MR) is 106 cm³/mol. The summed E-state index contributed by atoms with van der Waals surface area (Å²) >= 11 is 1.42. The maximum Gasteiger partial charge on any atom is 0.251 e. The summed E-state index contributed by atoms with van der Waals surface area (Å²) in [6.45, 7) is 0.419. The Hall–Kier alpha value is -2.80. The molecule has 0 spiro atoms. The number of carbonyl (C=O) groups excluding carboxylic acids is 3. The molecule has 1 atom stereocenters. The van der Waals surface area contributed by atoms with E-state index < -0.39 is 5.25 Å². The third-order valence-electron chi connectivity index (χ3n) is 4.36. The summed E-state index contributed by atoms with van der Waals surface area (Å²) in [5, 5.41) is 4.99. The molecular formula is C20H21N3O3S. The summed E-state index contributed by atoms with van der Waals surface area (Å²) in [5.74, 6) is -0.389. The fourth-order valence-corrected chi connectivity index (χ4v) is 3.91. The molecule has 1 heterocycles. The number of para-hydroxylation sites is 1. The van der Waals surface area contributed by atoms with Crippen LogP contribution in [0.3, 0.4) is 0 Å². The normalized spacial score (nSPS) is 15.5. The number of hydrogen-bond acceptors (Lipinski definition) is 4. The van der Waals surface area contributed by atoms with Gasteiger partial charge in [-0.25, -0.2) is 0 Å². The first-order valence-corrected chi connectivity index (χ1v) is 9.47. The Morgan fingerprint density at radius 1 is 1.15 bits per heavy atom. The van der Waals surface area contributed by atoms with Gasteiger partial charge in [-0.1, -0.05) is 24.3 Å². The van der Waals surface area contributed by atoms with Gasteiger partial charge in [0.2, 0.25) is 11.8 Å². The van der Waals surface area contributed by atoms with E-state index in [-0.39, 0.29) is 24.1 Å². The molecule has 3 rings (SSSR count). The fourth-order valence-electron chi connectivity index (χ4n) is 2.81. The zero-order valence-corrected chi connectivity index (χ0v) is 16.0. The molecule has 0 aliphatic carbocycles. The van der Waals surface area contributed by atoms with Gasteiger partial charge in [0.1, 0.15) is 0 Å². The molecule has 0 aromatic heterocycles. The number of fused-ring (bicyclic) bond motifs is 1. The second-order valence-electron chi connectivity index (χ2n) is 6.32. The van der Waals surface area contributed by atoms with Crippen molar-refractivity contribution in [3.8, 4) is 0 Å². The smallest absolute Gasteiger partial charge is 0.251 e. The average molecular weight is 383 g/mol. The third kappa shape index (κ3) is 4.49. The molecule has 2 N–H and O–H groups in total. The number of hydrogen-bond donors (Lipinski definition) is 2. The molecule has 0 saturated heterocycles. The van der Waals surface area contributed by atoms with Crippen LogP contribution in [-0.2, 0) is 16.1 Å². The van der Waals surface area contributed by atoms with Gasteiger partial charge < -0.3 is 15.5 Å². The van der Waals surface area contributed by atoms with E-state index >= 15 is 0 Å². The minimum Gasteiger partial charge on any atom is -0.355 e. The van der Waals surface area contributed by atoms with Gasteiger partial charge in [0.05, 0.1) is 10.9 Å². The molecule has 0 bridgehead atoms. The van der Waals surface area contributed by atoms with Crippen LogP contribution in [0.2, 0.25) is 0 Å². The monoisotopic (exact) mass is 383 g/mol. The minimum absolute atomic E-state index is 0.0996. The molecule has 0 radical (unpaired) electrons. The average Bonchev–Trinajstić information content (AvgIpc) is 2.68. The zero-order chi connectivity index (χ0) is 19.4. The fraction of sp³-hybridized carbons (Fsp3) is 0.250. The van der Waals surface area contributed by atoms with Crippen LogP contribution < -0.4 is 10.6 Å². The highest BCUT2D eigenvalue weighted by molar-refractivity contribution is 8.01. The first-order chi connectivity index (χ1) is 13.0. The SMILES string of the molecule is CNC(=O)c1ccc(CN(C)C(=O)C[C@H]2Sc3ccccc3NC2=O)cc1. The Morgan fingerprint density at radius 2 is 1.85 bits per heavy atom. The molecule has 6 nitrogen and oxygen atoms in total. The maximum absolute atomic E-state index is 12.6. The molecule has 2 aromatic carbocycles. The van der Waals surface area contributed by atoms with Crippen molar-refractivity contribution in [2.75, 3.05) is 19.4 Å². The quantitative estimate of drug-likeness (QED) is 0.832. The molecule has 0 fully saturated rings. The number of thioether (sulfide) groups is 1. The van der Waals surface area contributed by atoms with E-state index in [0.717, 1.165) is 16.1 Å². The van der Waals surface area contributed by atoms with Crippen LogP contribution in [0.4, 0.5) is 5.69 Å². The number of carbonyl (C=O) groups is 3. The summed E-state index contributed by atoms with van der Waals surface area (Å²) in [6.07, 6.45) is 0.137. The second-order valence-corrected chi connectivity index (χ2v) is 7.57. The molecule has 27 heavy (non-hydrogen) atoms. The number of nitrogens with zero attached hydrogens (tertiary/aromatic N) is 1. The Kier molecular flexibility index (Phi) is 5.81. The van der Waals surface area contributed by atoms with Gasteiger partial charge in [0.25, 0.3) is 5.91 Å². The van der Waals surface area contributed by atoms with Crippen LogP contribution >= 0.6 is 11.8 Å². The van der Waals surface area contributed by atoms with Crippen LogP contribution in [0.25, 0.3) is 0 Å². The first-order valence-electron chi connectivity index (χ1n) is 8.59. The molecule has 1 aliphatic rings. The van der Waals surface area contributed by atoms with Crippen molar-refractivity contribution in [3.63, 3.8) is 0 Å². The molecule has 3 amide bonds.